The van der Waals surface area contributed by atoms with Crippen molar-refractivity contribution < 1.29 is 19.1 Å². The van der Waals surface area contributed by atoms with Crippen LogP contribution in [0.2, 0.25) is 0 Å². The normalized spacial score (nSPS) is 28.4. The minimum atomic E-state index is -0.827. The zero-order valence-corrected chi connectivity index (χ0v) is 21.3. The highest BCUT2D eigenvalue weighted by molar-refractivity contribution is 9.10. The molecule has 2 atom stereocenters. The van der Waals surface area contributed by atoms with Gasteiger partial charge >= 0.3 is 5.97 Å². The van der Waals surface area contributed by atoms with Crippen LogP contribution in [0.3, 0.4) is 0 Å². The van der Waals surface area contributed by atoms with E-state index in [9.17, 15) is 14.4 Å². The molecule has 4 aliphatic rings. The number of halogens is 2. The number of anilines is 1. The predicted molar refractivity (Wildman–Crippen MR) is 134 cm³/mol. The fraction of sp³-hybridized carbons (Fsp3) is 0.222. The van der Waals surface area contributed by atoms with Gasteiger partial charge in [0.1, 0.15) is 0 Å². The van der Waals surface area contributed by atoms with Crippen LogP contribution in [0.4, 0.5) is 5.69 Å². The third-order valence-electron chi connectivity index (χ3n) is 7.22. The molecule has 0 radical (unpaired) electrons. The maximum Gasteiger partial charge on any atom is 0.338 e. The summed E-state index contributed by atoms with van der Waals surface area (Å²) in [5.41, 5.74) is 4.79. The minimum absolute atomic E-state index is 0.261. The molecule has 3 aromatic carbocycles. The highest BCUT2D eigenvalue weighted by atomic mass is 79.9. The van der Waals surface area contributed by atoms with Crippen LogP contribution in [0, 0.1) is 11.8 Å². The number of alkyl halides is 2. The second kappa shape index (κ2) is 7.36. The Balaban J connectivity index is 1.52. The van der Waals surface area contributed by atoms with Crippen molar-refractivity contribution in [3.05, 3.63) is 101 Å². The molecule has 5 nitrogen and oxygen atoms in total. The van der Waals surface area contributed by atoms with E-state index in [0.717, 1.165) is 22.3 Å². The number of amides is 2. The Morgan fingerprint density at radius 3 is 1.59 bits per heavy atom. The SMILES string of the molecule is CCOC(=O)c1ccc(N2C(=O)[C@@H]3[C@@H](C2=O)C2(Br)c4ccccc4C3(Br)c3ccccc32)cc1. The smallest absolute Gasteiger partial charge is 0.338 e. The maximum absolute atomic E-state index is 14.0. The lowest BCUT2D eigenvalue weighted by atomic mass is 9.54. The average Bonchev–Trinajstić information content (AvgIpc) is 3.14. The van der Waals surface area contributed by atoms with Crippen molar-refractivity contribution in [2.75, 3.05) is 11.5 Å². The molecule has 170 valence electrons. The average molecular weight is 581 g/mol. The molecule has 0 spiro atoms. The van der Waals surface area contributed by atoms with Crippen LogP contribution in [0.15, 0.2) is 72.8 Å². The number of hydrogen-bond donors (Lipinski definition) is 0. The largest absolute Gasteiger partial charge is 0.462 e. The van der Waals surface area contributed by atoms with Crippen LogP contribution in [0.25, 0.3) is 0 Å². The number of carbonyl (C=O) groups excluding carboxylic acids is 3. The number of carbonyl (C=O) groups is 3. The minimum Gasteiger partial charge on any atom is -0.462 e. The second-order valence-electron chi connectivity index (χ2n) is 8.75. The first kappa shape index (κ1) is 21.7. The molecule has 3 aliphatic carbocycles. The molecule has 0 aromatic heterocycles. The Hall–Kier alpha value is -2.77. The second-order valence-corrected chi connectivity index (χ2v) is 11.3. The Labute approximate surface area is 213 Å². The van der Waals surface area contributed by atoms with Gasteiger partial charge in [-0.25, -0.2) is 9.69 Å². The van der Waals surface area contributed by atoms with E-state index in [1.807, 2.05) is 48.5 Å². The third kappa shape index (κ3) is 2.52. The number of esters is 1. The van der Waals surface area contributed by atoms with Crippen molar-refractivity contribution in [1.82, 2.24) is 0 Å². The number of ether oxygens (including phenoxy) is 1. The Kier molecular flexibility index (Phi) is 4.71. The van der Waals surface area contributed by atoms with Gasteiger partial charge in [-0.2, -0.15) is 0 Å². The van der Waals surface area contributed by atoms with Crippen LogP contribution in [-0.4, -0.2) is 24.4 Å². The van der Waals surface area contributed by atoms with E-state index in [1.165, 1.54) is 4.90 Å². The summed E-state index contributed by atoms with van der Waals surface area (Å²) in [5.74, 6) is -2.22. The summed E-state index contributed by atoms with van der Waals surface area (Å²) < 4.78 is 3.40. The van der Waals surface area contributed by atoms with E-state index in [-0.39, 0.29) is 18.4 Å². The lowest BCUT2D eigenvalue weighted by Gasteiger charge is -2.55. The van der Waals surface area contributed by atoms with Gasteiger partial charge in [-0.05, 0) is 53.4 Å². The molecule has 1 aliphatic heterocycles. The van der Waals surface area contributed by atoms with E-state index in [4.69, 9.17) is 4.74 Å². The summed E-state index contributed by atoms with van der Waals surface area (Å²) in [6.07, 6.45) is 0. The summed E-state index contributed by atoms with van der Waals surface area (Å²) in [6, 6.07) is 22.4. The van der Waals surface area contributed by atoms with Crippen molar-refractivity contribution in [3.8, 4) is 0 Å². The monoisotopic (exact) mass is 579 g/mol. The molecule has 1 saturated heterocycles. The Morgan fingerprint density at radius 2 is 1.21 bits per heavy atom. The van der Waals surface area contributed by atoms with Gasteiger partial charge in [0.25, 0.3) is 0 Å². The Bertz CT molecular complexity index is 1260. The number of nitrogens with zero attached hydrogens (tertiary/aromatic N) is 1. The van der Waals surface area contributed by atoms with Gasteiger partial charge in [0.05, 0.1) is 38.3 Å². The summed E-state index contributed by atoms with van der Waals surface area (Å²) in [6.45, 7) is 2.01. The molecule has 2 bridgehead atoms. The molecular formula is C27H19Br2NO4. The summed E-state index contributed by atoms with van der Waals surface area (Å²) in [5, 5.41) is 0. The van der Waals surface area contributed by atoms with Gasteiger partial charge < -0.3 is 4.74 Å². The molecule has 3 aromatic rings. The third-order valence-corrected chi connectivity index (χ3v) is 9.92. The molecule has 1 heterocycles. The number of benzene rings is 3. The van der Waals surface area contributed by atoms with Crippen molar-refractivity contribution >= 4 is 55.3 Å². The van der Waals surface area contributed by atoms with Gasteiger partial charge in [0.15, 0.2) is 0 Å². The van der Waals surface area contributed by atoms with Crippen molar-refractivity contribution in [1.29, 1.82) is 0 Å². The van der Waals surface area contributed by atoms with E-state index in [0.29, 0.717) is 11.3 Å². The summed E-state index contributed by atoms with van der Waals surface area (Å²) in [7, 11) is 0. The maximum atomic E-state index is 14.0. The summed E-state index contributed by atoms with van der Waals surface area (Å²) in [4.78, 5) is 41.3. The van der Waals surface area contributed by atoms with E-state index >= 15 is 0 Å². The molecule has 34 heavy (non-hydrogen) atoms. The molecule has 1 fully saturated rings. The van der Waals surface area contributed by atoms with Crippen molar-refractivity contribution in [3.63, 3.8) is 0 Å². The first-order valence-corrected chi connectivity index (χ1v) is 12.7. The molecule has 7 rings (SSSR count). The van der Waals surface area contributed by atoms with Crippen LogP contribution < -0.4 is 4.90 Å². The quantitative estimate of drug-likeness (QED) is 0.240. The van der Waals surface area contributed by atoms with Crippen molar-refractivity contribution in [2.24, 2.45) is 11.8 Å². The number of imide groups is 1. The van der Waals surface area contributed by atoms with Gasteiger partial charge in [-0.15, -0.1) is 0 Å². The molecule has 7 heteroatoms. The van der Waals surface area contributed by atoms with E-state index < -0.39 is 26.5 Å². The Morgan fingerprint density at radius 1 is 0.794 bits per heavy atom. The van der Waals surface area contributed by atoms with E-state index in [2.05, 4.69) is 31.9 Å². The van der Waals surface area contributed by atoms with E-state index in [1.54, 1.807) is 31.2 Å². The highest BCUT2D eigenvalue weighted by Gasteiger charge is 2.72. The fourth-order valence-corrected chi connectivity index (χ4v) is 8.19. The van der Waals surface area contributed by atoms with Gasteiger partial charge in [-0.3, -0.25) is 9.59 Å². The number of hydrogen-bond acceptors (Lipinski definition) is 4. The number of rotatable bonds is 3. The lowest BCUT2D eigenvalue weighted by Crippen LogP contribution is -2.56. The molecule has 0 N–H and O–H groups in total. The predicted octanol–water partition coefficient (Wildman–Crippen LogP) is 5.27. The van der Waals surface area contributed by atoms with Crippen molar-refractivity contribution in [2.45, 2.75) is 15.6 Å². The zero-order chi connectivity index (χ0) is 23.8. The molecule has 2 amide bonds. The van der Waals surface area contributed by atoms with Crippen LogP contribution in [0.1, 0.15) is 39.5 Å². The first-order valence-electron chi connectivity index (χ1n) is 11.1. The molecule has 0 unspecified atom stereocenters. The van der Waals surface area contributed by atoms with Gasteiger partial charge in [0, 0.05) is 0 Å². The fourth-order valence-electron chi connectivity index (χ4n) is 5.88. The highest BCUT2D eigenvalue weighted by Crippen LogP contribution is 2.70. The standard InChI is InChI=1S/C27H19Br2NO4/c1-2-34-25(33)15-11-13-16(14-12-15)30-23(31)21-22(24(30)32)27(29)18-8-4-3-7-17(18)26(21,28)19-9-5-6-10-20(19)27/h3-14,21-22H,2H2,1H3/t21-,22-,26?,27?/m0/s1. The van der Waals surface area contributed by atoms with Gasteiger partial charge in [0.2, 0.25) is 11.8 Å². The van der Waals surface area contributed by atoms with Crippen LogP contribution in [0.5, 0.6) is 0 Å². The summed E-state index contributed by atoms with van der Waals surface area (Å²) >= 11 is 7.99. The molecular weight excluding hydrogens is 562 g/mol. The lowest BCUT2D eigenvalue weighted by molar-refractivity contribution is -0.122. The first-order chi connectivity index (χ1) is 16.3. The van der Waals surface area contributed by atoms with Crippen LogP contribution in [-0.2, 0) is 23.0 Å². The molecule has 0 saturated carbocycles. The van der Waals surface area contributed by atoms with Crippen LogP contribution >= 0.6 is 31.9 Å². The topological polar surface area (TPSA) is 63.7 Å². The zero-order valence-electron chi connectivity index (χ0n) is 18.1. The van der Waals surface area contributed by atoms with Gasteiger partial charge in [-0.1, -0.05) is 80.4 Å².